The second-order valence-electron chi connectivity index (χ2n) is 5.46. The third-order valence-electron chi connectivity index (χ3n) is 3.91. The number of carbonyl (C=O) groups excluding carboxylic acids is 1. The van der Waals surface area contributed by atoms with E-state index < -0.39 is 0 Å². The quantitative estimate of drug-likeness (QED) is 0.920. The first-order valence-electron chi connectivity index (χ1n) is 7.52. The lowest BCUT2D eigenvalue weighted by Gasteiger charge is -2.33. The first-order valence-corrected chi connectivity index (χ1v) is 7.52. The van der Waals surface area contributed by atoms with Gasteiger partial charge < -0.3 is 15.0 Å². The lowest BCUT2D eigenvalue weighted by atomic mass is 10.0. The van der Waals surface area contributed by atoms with Crippen LogP contribution in [0, 0.1) is 6.92 Å². The summed E-state index contributed by atoms with van der Waals surface area (Å²) in [5, 5.41) is 2.93. The van der Waals surface area contributed by atoms with E-state index in [0.29, 0.717) is 19.7 Å². The van der Waals surface area contributed by atoms with Gasteiger partial charge in [-0.25, -0.2) is 4.79 Å². The number of urea groups is 1. The van der Waals surface area contributed by atoms with Crippen LogP contribution >= 0.6 is 0 Å². The number of nitrogens with one attached hydrogen (secondary N) is 1. The highest BCUT2D eigenvalue weighted by Crippen LogP contribution is 2.25. The van der Waals surface area contributed by atoms with Gasteiger partial charge in [0, 0.05) is 12.2 Å². The van der Waals surface area contributed by atoms with E-state index in [-0.39, 0.29) is 12.1 Å². The third kappa shape index (κ3) is 3.28. The minimum atomic E-state index is -0.0758. The smallest absolute Gasteiger partial charge is 0.322 e. The van der Waals surface area contributed by atoms with E-state index in [2.05, 4.69) is 24.4 Å². The van der Waals surface area contributed by atoms with Crippen molar-refractivity contribution in [3.63, 3.8) is 0 Å². The van der Waals surface area contributed by atoms with E-state index in [1.165, 1.54) is 5.56 Å². The summed E-state index contributed by atoms with van der Waals surface area (Å²) in [5.74, 6) is 0. The number of rotatable bonds is 2. The highest BCUT2D eigenvalue weighted by atomic mass is 16.5. The fourth-order valence-electron chi connectivity index (χ4n) is 2.69. The molecule has 4 heteroatoms. The van der Waals surface area contributed by atoms with Crippen molar-refractivity contribution in [3.05, 3.63) is 65.7 Å². The topological polar surface area (TPSA) is 41.6 Å². The highest BCUT2D eigenvalue weighted by Gasteiger charge is 2.26. The minimum absolute atomic E-state index is 0.0588. The van der Waals surface area contributed by atoms with Crippen LogP contribution in [0.4, 0.5) is 10.5 Å². The molecule has 0 bridgehead atoms. The summed E-state index contributed by atoms with van der Waals surface area (Å²) in [4.78, 5) is 14.2. The second-order valence-corrected chi connectivity index (χ2v) is 5.46. The van der Waals surface area contributed by atoms with Crippen molar-refractivity contribution in [2.75, 3.05) is 25.0 Å². The van der Waals surface area contributed by atoms with Crippen LogP contribution in [-0.2, 0) is 4.74 Å². The van der Waals surface area contributed by atoms with E-state index in [1.54, 1.807) is 0 Å². The van der Waals surface area contributed by atoms with Crippen molar-refractivity contribution < 1.29 is 9.53 Å². The Morgan fingerprint density at radius 1 is 1.14 bits per heavy atom. The van der Waals surface area contributed by atoms with Crippen molar-refractivity contribution in [1.29, 1.82) is 0 Å². The molecule has 2 aromatic rings. The molecule has 1 N–H and O–H groups in total. The maximum Gasteiger partial charge on any atom is 0.322 e. The van der Waals surface area contributed by atoms with Gasteiger partial charge in [-0.3, -0.25) is 0 Å². The van der Waals surface area contributed by atoms with Crippen molar-refractivity contribution in [2.45, 2.75) is 13.0 Å². The van der Waals surface area contributed by atoms with Crippen LogP contribution in [0.3, 0.4) is 0 Å². The normalized spacial score (nSPS) is 18.0. The second kappa shape index (κ2) is 6.62. The van der Waals surface area contributed by atoms with Crippen LogP contribution in [0.2, 0.25) is 0 Å². The van der Waals surface area contributed by atoms with E-state index in [0.717, 1.165) is 11.3 Å². The van der Waals surface area contributed by atoms with E-state index in [4.69, 9.17) is 4.74 Å². The van der Waals surface area contributed by atoms with Gasteiger partial charge in [0.2, 0.25) is 0 Å². The summed E-state index contributed by atoms with van der Waals surface area (Å²) in [7, 11) is 0. The number of anilines is 1. The largest absolute Gasteiger partial charge is 0.370 e. The number of benzene rings is 2. The zero-order valence-corrected chi connectivity index (χ0v) is 12.7. The Bertz CT molecular complexity index is 643. The number of aryl methyl sites for hydroxylation is 1. The van der Waals surface area contributed by atoms with Gasteiger partial charge in [0.05, 0.1) is 13.2 Å². The molecule has 2 aromatic carbocycles. The number of hydrogen-bond acceptors (Lipinski definition) is 2. The van der Waals surface area contributed by atoms with E-state index in [1.807, 2.05) is 47.4 Å². The Balaban J connectivity index is 1.68. The van der Waals surface area contributed by atoms with Gasteiger partial charge in [0.1, 0.15) is 6.10 Å². The predicted molar refractivity (Wildman–Crippen MR) is 86.9 cm³/mol. The Morgan fingerprint density at radius 3 is 2.64 bits per heavy atom. The number of hydrogen-bond donors (Lipinski definition) is 1. The standard InChI is InChI=1S/C18H20N2O2/c1-14-7-5-6-10-16(14)17-13-20(11-12-22-17)18(21)19-15-8-3-2-4-9-15/h2-10,17H,11-13H2,1H3,(H,19,21). The molecule has 2 amide bonds. The molecular formula is C18H20N2O2. The molecule has 0 saturated carbocycles. The first kappa shape index (κ1) is 14.6. The molecular weight excluding hydrogens is 276 g/mol. The van der Waals surface area contributed by atoms with Crippen LogP contribution in [-0.4, -0.2) is 30.6 Å². The van der Waals surface area contributed by atoms with Crippen LogP contribution < -0.4 is 5.32 Å². The lowest BCUT2D eigenvalue weighted by molar-refractivity contribution is -0.0138. The fraction of sp³-hybridized carbons (Fsp3) is 0.278. The molecule has 1 heterocycles. The van der Waals surface area contributed by atoms with Crippen LogP contribution in [0.1, 0.15) is 17.2 Å². The first-order chi connectivity index (χ1) is 10.7. The van der Waals surface area contributed by atoms with Crippen LogP contribution in [0.5, 0.6) is 0 Å². The van der Waals surface area contributed by atoms with Crippen LogP contribution in [0.15, 0.2) is 54.6 Å². The Labute approximate surface area is 130 Å². The Hall–Kier alpha value is -2.33. The van der Waals surface area contributed by atoms with Crippen molar-refractivity contribution >= 4 is 11.7 Å². The molecule has 0 aromatic heterocycles. The summed E-state index contributed by atoms with van der Waals surface area (Å²) in [5.41, 5.74) is 3.16. The molecule has 0 radical (unpaired) electrons. The van der Waals surface area contributed by atoms with Crippen molar-refractivity contribution in [3.8, 4) is 0 Å². The molecule has 1 unspecified atom stereocenters. The monoisotopic (exact) mass is 296 g/mol. The van der Waals surface area contributed by atoms with Gasteiger partial charge in [-0.1, -0.05) is 42.5 Å². The molecule has 0 spiro atoms. The number of para-hydroxylation sites is 1. The molecule has 1 atom stereocenters. The van der Waals surface area contributed by atoms with Gasteiger partial charge in [-0.15, -0.1) is 0 Å². The van der Waals surface area contributed by atoms with Gasteiger partial charge >= 0.3 is 6.03 Å². The van der Waals surface area contributed by atoms with E-state index in [9.17, 15) is 4.79 Å². The lowest BCUT2D eigenvalue weighted by Crippen LogP contribution is -2.44. The summed E-state index contributed by atoms with van der Waals surface area (Å²) in [6, 6.07) is 17.6. The molecule has 0 aliphatic carbocycles. The zero-order chi connectivity index (χ0) is 15.4. The highest BCUT2D eigenvalue weighted by molar-refractivity contribution is 5.89. The molecule has 1 saturated heterocycles. The molecule has 1 aliphatic heterocycles. The molecule has 1 aliphatic rings. The fourth-order valence-corrected chi connectivity index (χ4v) is 2.69. The summed E-state index contributed by atoms with van der Waals surface area (Å²) < 4.78 is 5.85. The average Bonchev–Trinajstić information content (AvgIpc) is 2.56. The van der Waals surface area contributed by atoms with Gasteiger partial charge in [-0.05, 0) is 30.2 Å². The van der Waals surface area contributed by atoms with Gasteiger partial charge in [-0.2, -0.15) is 0 Å². The maximum atomic E-state index is 12.4. The number of amides is 2. The predicted octanol–water partition coefficient (Wildman–Crippen LogP) is 3.60. The molecule has 1 fully saturated rings. The summed E-state index contributed by atoms with van der Waals surface area (Å²) in [6.45, 7) is 3.81. The van der Waals surface area contributed by atoms with Gasteiger partial charge in [0.15, 0.2) is 0 Å². The summed E-state index contributed by atoms with van der Waals surface area (Å²) in [6.07, 6.45) is -0.0588. The Morgan fingerprint density at radius 2 is 1.86 bits per heavy atom. The Kier molecular flexibility index (Phi) is 4.39. The number of carbonyl (C=O) groups is 1. The SMILES string of the molecule is Cc1ccccc1C1CN(C(=O)Nc2ccccc2)CCO1. The zero-order valence-electron chi connectivity index (χ0n) is 12.7. The number of ether oxygens (including phenoxy) is 1. The molecule has 114 valence electrons. The van der Waals surface area contributed by atoms with E-state index >= 15 is 0 Å². The minimum Gasteiger partial charge on any atom is -0.370 e. The van der Waals surface area contributed by atoms with Crippen LogP contribution in [0.25, 0.3) is 0 Å². The summed E-state index contributed by atoms with van der Waals surface area (Å²) >= 11 is 0. The van der Waals surface area contributed by atoms with Crippen molar-refractivity contribution in [1.82, 2.24) is 4.90 Å². The average molecular weight is 296 g/mol. The molecule has 4 nitrogen and oxygen atoms in total. The number of nitrogens with zero attached hydrogens (tertiary/aromatic N) is 1. The third-order valence-corrected chi connectivity index (χ3v) is 3.91. The van der Waals surface area contributed by atoms with Gasteiger partial charge in [0.25, 0.3) is 0 Å². The van der Waals surface area contributed by atoms with Crippen molar-refractivity contribution in [2.24, 2.45) is 0 Å². The molecule has 22 heavy (non-hydrogen) atoms. The number of morpholine rings is 1. The maximum absolute atomic E-state index is 12.4. The molecule has 3 rings (SSSR count).